The number of halogens is 2. The summed E-state index contributed by atoms with van der Waals surface area (Å²) in [5.41, 5.74) is 0.101. The lowest BCUT2D eigenvalue weighted by atomic mass is 10.2. The van der Waals surface area contributed by atoms with E-state index in [1.165, 1.54) is 18.2 Å². The van der Waals surface area contributed by atoms with Gasteiger partial charge in [-0.05, 0) is 17.7 Å². The molecule has 0 aliphatic carbocycles. The number of nitro groups is 1. The van der Waals surface area contributed by atoms with Gasteiger partial charge in [-0.25, -0.2) is 4.39 Å². The summed E-state index contributed by atoms with van der Waals surface area (Å²) in [6.07, 6.45) is 0.969. The highest BCUT2D eigenvalue weighted by atomic mass is 35.5. The summed E-state index contributed by atoms with van der Waals surface area (Å²) in [7, 11) is 0. The first-order chi connectivity index (χ1) is 6.11. The largest absolute Gasteiger partial charge is 0.337 e. The van der Waals surface area contributed by atoms with Gasteiger partial charge in [0.2, 0.25) is 0 Å². The van der Waals surface area contributed by atoms with Gasteiger partial charge in [-0.15, -0.1) is 0 Å². The Labute approximate surface area is 78.6 Å². The normalized spacial score (nSPS) is 11.4. The molecule has 0 spiro atoms. The number of nitrogens with zero attached hydrogens (tertiary/aromatic N) is 1. The summed E-state index contributed by atoms with van der Waals surface area (Å²) in [5, 5.41) is 9.49. The molecule has 0 saturated heterocycles. The first-order valence-electron chi connectivity index (χ1n) is 3.37. The number of hydrogen-bond acceptors (Lipinski definition) is 2. The van der Waals surface area contributed by atoms with Gasteiger partial charge in [-0.1, -0.05) is 18.2 Å². The Morgan fingerprint density at radius 2 is 2.15 bits per heavy atom. The molecule has 0 N–H and O–H groups in total. The maximum Gasteiger partial charge on any atom is 0.337 e. The smallest absolute Gasteiger partial charge is 0.257 e. The molecule has 0 heterocycles. The molecule has 0 aliphatic heterocycles. The summed E-state index contributed by atoms with van der Waals surface area (Å²) in [4.78, 5) is 9.31. The first-order valence-corrected chi connectivity index (χ1v) is 3.75. The molecule has 0 unspecified atom stereocenters. The highest BCUT2D eigenvalue weighted by molar-refractivity contribution is 6.29. The summed E-state index contributed by atoms with van der Waals surface area (Å²) >= 11 is 5.22. The van der Waals surface area contributed by atoms with Crippen molar-refractivity contribution in [3.05, 3.63) is 50.9 Å². The van der Waals surface area contributed by atoms with Gasteiger partial charge in [0, 0.05) is 11.6 Å². The molecule has 5 heteroatoms. The number of benzene rings is 1. The predicted molar refractivity (Wildman–Crippen MR) is 47.2 cm³/mol. The second kappa shape index (κ2) is 4.00. The highest BCUT2D eigenvalue weighted by Crippen LogP contribution is 2.13. The van der Waals surface area contributed by atoms with Crippen LogP contribution in [-0.4, -0.2) is 4.92 Å². The fraction of sp³-hybridized carbons (Fsp3) is 0. The molecule has 0 aromatic heterocycles. The van der Waals surface area contributed by atoms with Crippen LogP contribution in [0.5, 0.6) is 0 Å². The lowest BCUT2D eigenvalue weighted by Gasteiger charge is -1.93. The van der Waals surface area contributed by atoms with Gasteiger partial charge in [0.05, 0.1) is 4.92 Å². The Balaban J connectivity index is 3.04. The van der Waals surface area contributed by atoms with Gasteiger partial charge in [-0.3, -0.25) is 10.1 Å². The topological polar surface area (TPSA) is 43.1 Å². The van der Waals surface area contributed by atoms with Crippen molar-refractivity contribution < 1.29 is 9.31 Å². The van der Waals surface area contributed by atoms with Gasteiger partial charge >= 0.3 is 5.16 Å². The van der Waals surface area contributed by atoms with Gasteiger partial charge in [0.15, 0.2) is 0 Å². The van der Waals surface area contributed by atoms with Crippen LogP contribution in [0.25, 0.3) is 6.08 Å². The van der Waals surface area contributed by atoms with E-state index < -0.39 is 15.9 Å². The van der Waals surface area contributed by atoms with E-state index in [1.54, 1.807) is 6.07 Å². The second-order valence-electron chi connectivity index (χ2n) is 2.25. The summed E-state index contributed by atoms with van der Waals surface area (Å²) in [5.74, 6) is -0.539. The minimum atomic E-state index is -0.784. The zero-order valence-corrected chi connectivity index (χ0v) is 7.16. The highest BCUT2D eigenvalue weighted by Gasteiger charge is 2.07. The van der Waals surface area contributed by atoms with Crippen molar-refractivity contribution in [2.45, 2.75) is 0 Å². The van der Waals surface area contributed by atoms with Gasteiger partial charge in [0.25, 0.3) is 0 Å². The van der Waals surface area contributed by atoms with E-state index in [0.29, 0.717) is 0 Å². The SMILES string of the molecule is O=[N+]([O-])/C(Cl)=C/c1ccccc1F. The minimum Gasteiger partial charge on any atom is -0.257 e. The van der Waals surface area contributed by atoms with Crippen LogP contribution in [0.4, 0.5) is 4.39 Å². The maximum absolute atomic E-state index is 12.9. The van der Waals surface area contributed by atoms with E-state index in [9.17, 15) is 14.5 Å². The molecule has 3 nitrogen and oxygen atoms in total. The van der Waals surface area contributed by atoms with Crippen molar-refractivity contribution in [1.82, 2.24) is 0 Å². The Hall–Kier alpha value is -1.42. The van der Waals surface area contributed by atoms with Gasteiger partial charge < -0.3 is 0 Å². The minimum absolute atomic E-state index is 0.101. The van der Waals surface area contributed by atoms with Crippen molar-refractivity contribution in [3.8, 4) is 0 Å². The Bertz CT molecular complexity index is 365. The van der Waals surface area contributed by atoms with E-state index >= 15 is 0 Å². The lowest BCUT2D eigenvalue weighted by Crippen LogP contribution is -1.91. The third-order valence-corrected chi connectivity index (χ3v) is 1.60. The third-order valence-electron chi connectivity index (χ3n) is 1.35. The van der Waals surface area contributed by atoms with Crippen molar-refractivity contribution in [2.24, 2.45) is 0 Å². The van der Waals surface area contributed by atoms with Gasteiger partial charge in [-0.2, -0.15) is 0 Å². The molecule has 0 radical (unpaired) electrons. The van der Waals surface area contributed by atoms with E-state index in [2.05, 4.69) is 0 Å². The fourth-order valence-corrected chi connectivity index (χ4v) is 0.891. The van der Waals surface area contributed by atoms with Crippen LogP contribution in [0.3, 0.4) is 0 Å². The van der Waals surface area contributed by atoms with Crippen LogP contribution in [0, 0.1) is 15.9 Å². The van der Waals surface area contributed by atoms with Crippen LogP contribution in [0.15, 0.2) is 29.4 Å². The van der Waals surface area contributed by atoms with Crippen molar-refractivity contribution in [3.63, 3.8) is 0 Å². The molecule has 13 heavy (non-hydrogen) atoms. The monoisotopic (exact) mass is 201 g/mol. The quantitative estimate of drug-likeness (QED) is 0.419. The molecule has 0 saturated carbocycles. The Morgan fingerprint density at radius 3 is 2.69 bits per heavy atom. The van der Waals surface area contributed by atoms with Crippen LogP contribution in [-0.2, 0) is 0 Å². The molecule has 1 aromatic rings. The van der Waals surface area contributed by atoms with Crippen molar-refractivity contribution in [1.29, 1.82) is 0 Å². The van der Waals surface area contributed by atoms with E-state index in [1.807, 2.05) is 0 Å². The zero-order valence-electron chi connectivity index (χ0n) is 6.41. The molecule has 0 atom stereocenters. The fourth-order valence-electron chi connectivity index (χ4n) is 0.773. The molecule has 0 bridgehead atoms. The average molecular weight is 202 g/mol. The first kappa shape index (κ1) is 9.67. The summed E-state index contributed by atoms with van der Waals surface area (Å²) in [6.45, 7) is 0. The number of hydrogen-bond donors (Lipinski definition) is 0. The molecule has 0 fully saturated rings. The van der Waals surface area contributed by atoms with Crippen LogP contribution < -0.4 is 0 Å². The number of rotatable bonds is 2. The summed E-state index contributed by atoms with van der Waals surface area (Å²) < 4.78 is 12.9. The molecule has 0 aliphatic rings. The standard InChI is InChI=1S/C8H5ClFNO2/c9-8(11(12)13)5-6-3-1-2-4-7(6)10/h1-5H/b8-5+. The van der Waals surface area contributed by atoms with Crippen molar-refractivity contribution >= 4 is 17.7 Å². The Kier molecular flexibility index (Phi) is 2.97. The average Bonchev–Trinajstić information content (AvgIpc) is 2.08. The van der Waals surface area contributed by atoms with Crippen LogP contribution >= 0.6 is 11.6 Å². The zero-order chi connectivity index (χ0) is 9.84. The Morgan fingerprint density at radius 1 is 1.54 bits per heavy atom. The molecule has 0 amide bonds. The second-order valence-corrected chi connectivity index (χ2v) is 2.63. The van der Waals surface area contributed by atoms with E-state index in [0.717, 1.165) is 6.08 Å². The summed E-state index contributed by atoms with van der Waals surface area (Å²) in [6, 6.07) is 5.67. The van der Waals surface area contributed by atoms with E-state index in [4.69, 9.17) is 11.6 Å². The van der Waals surface area contributed by atoms with E-state index in [-0.39, 0.29) is 5.56 Å². The van der Waals surface area contributed by atoms with Crippen LogP contribution in [0.2, 0.25) is 0 Å². The van der Waals surface area contributed by atoms with Crippen molar-refractivity contribution in [2.75, 3.05) is 0 Å². The molecule has 1 aromatic carbocycles. The molecular weight excluding hydrogens is 197 g/mol. The lowest BCUT2D eigenvalue weighted by molar-refractivity contribution is -0.410. The molecule has 68 valence electrons. The van der Waals surface area contributed by atoms with Gasteiger partial charge in [0.1, 0.15) is 5.82 Å². The molecule has 1 rings (SSSR count). The maximum atomic E-state index is 12.9. The van der Waals surface area contributed by atoms with Crippen LogP contribution in [0.1, 0.15) is 5.56 Å². The molecular formula is C8H5ClFNO2. The predicted octanol–water partition coefficient (Wildman–Crippen LogP) is 2.64. The third kappa shape index (κ3) is 2.52.